The average molecular weight is 232 g/mol. The molecule has 1 heterocycles. The third-order valence-electron chi connectivity index (χ3n) is 1.71. The highest BCUT2D eigenvalue weighted by molar-refractivity contribution is 9.10. The molecule has 0 saturated heterocycles. The highest BCUT2D eigenvalue weighted by Crippen LogP contribution is 2.18. The molecule has 0 bridgehead atoms. The van der Waals surface area contributed by atoms with Gasteiger partial charge in [-0.2, -0.15) is 0 Å². The van der Waals surface area contributed by atoms with Crippen molar-refractivity contribution in [3.8, 4) is 0 Å². The van der Waals surface area contributed by atoms with Crippen LogP contribution in [0.5, 0.6) is 0 Å². The molecule has 0 aliphatic heterocycles. The summed E-state index contributed by atoms with van der Waals surface area (Å²) < 4.78 is 3.11. The van der Waals surface area contributed by atoms with Gasteiger partial charge in [0.05, 0.1) is 6.20 Å². The van der Waals surface area contributed by atoms with E-state index >= 15 is 0 Å². The zero-order valence-corrected chi connectivity index (χ0v) is 9.00. The number of nitrogens with zero attached hydrogens (tertiary/aromatic N) is 2. The van der Waals surface area contributed by atoms with Crippen molar-refractivity contribution in [1.82, 2.24) is 9.55 Å². The molecule has 12 heavy (non-hydrogen) atoms. The summed E-state index contributed by atoms with van der Waals surface area (Å²) in [6.45, 7) is 5.73. The number of imidazole rings is 1. The maximum absolute atomic E-state index is 5.49. The number of nitrogens with two attached hydrogens (primary N) is 1. The lowest BCUT2D eigenvalue weighted by Crippen LogP contribution is -2.13. The summed E-state index contributed by atoms with van der Waals surface area (Å²) in [5, 5.41) is 0. The second-order valence-electron chi connectivity index (χ2n) is 3.03. The smallest absolute Gasteiger partial charge is 0.112 e. The van der Waals surface area contributed by atoms with Gasteiger partial charge in [-0.05, 0) is 15.9 Å². The molecule has 1 rings (SSSR count). The zero-order chi connectivity index (χ0) is 9.14. The molecule has 68 valence electrons. The van der Waals surface area contributed by atoms with E-state index in [9.17, 15) is 0 Å². The second-order valence-corrected chi connectivity index (χ2v) is 3.85. The second kappa shape index (κ2) is 4.05. The molecule has 1 aromatic heterocycles. The van der Waals surface area contributed by atoms with Crippen molar-refractivity contribution in [2.24, 2.45) is 5.73 Å². The summed E-state index contributed by atoms with van der Waals surface area (Å²) in [4.78, 5) is 4.29. The first-order valence-electron chi connectivity index (χ1n) is 4.07. The Hall–Kier alpha value is -0.350. The minimum absolute atomic E-state index is 0.447. The van der Waals surface area contributed by atoms with E-state index in [1.54, 1.807) is 0 Å². The van der Waals surface area contributed by atoms with Gasteiger partial charge in [0, 0.05) is 19.0 Å². The lowest BCUT2D eigenvalue weighted by molar-refractivity contribution is 0.619. The third-order valence-corrected chi connectivity index (χ3v) is 2.34. The van der Waals surface area contributed by atoms with Gasteiger partial charge in [0.15, 0.2) is 0 Å². The number of rotatable bonds is 3. The molecule has 0 amide bonds. The van der Waals surface area contributed by atoms with Crippen molar-refractivity contribution in [3.05, 3.63) is 16.6 Å². The van der Waals surface area contributed by atoms with Crippen LogP contribution >= 0.6 is 15.9 Å². The molecule has 0 aromatic carbocycles. The van der Waals surface area contributed by atoms with Crippen molar-refractivity contribution in [2.75, 3.05) is 6.54 Å². The van der Waals surface area contributed by atoms with Crippen LogP contribution in [-0.4, -0.2) is 16.1 Å². The van der Waals surface area contributed by atoms with Gasteiger partial charge in [0.2, 0.25) is 0 Å². The lowest BCUT2D eigenvalue weighted by Gasteiger charge is -2.09. The Labute approximate surface area is 81.1 Å². The Balaban J connectivity index is 2.95. The molecule has 0 saturated carbocycles. The van der Waals surface area contributed by atoms with Gasteiger partial charge < -0.3 is 10.3 Å². The first-order valence-corrected chi connectivity index (χ1v) is 4.87. The topological polar surface area (TPSA) is 43.8 Å². The molecule has 0 fully saturated rings. The Morgan fingerprint density at radius 3 is 2.83 bits per heavy atom. The van der Waals surface area contributed by atoms with Gasteiger partial charge in [-0.25, -0.2) is 4.98 Å². The van der Waals surface area contributed by atoms with Crippen LogP contribution < -0.4 is 5.73 Å². The maximum Gasteiger partial charge on any atom is 0.112 e. The van der Waals surface area contributed by atoms with Crippen LogP contribution in [0.25, 0.3) is 0 Å². The quantitative estimate of drug-likeness (QED) is 0.862. The first kappa shape index (κ1) is 9.74. The number of hydrogen-bond donors (Lipinski definition) is 1. The van der Waals surface area contributed by atoms with Gasteiger partial charge in [0.25, 0.3) is 0 Å². The fraction of sp³-hybridized carbons (Fsp3) is 0.625. The molecule has 0 aliphatic carbocycles. The van der Waals surface area contributed by atoms with Crippen LogP contribution in [0.15, 0.2) is 10.8 Å². The molecule has 0 spiro atoms. The van der Waals surface area contributed by atoms with Crippen LogP contribution in [0.3, 0.4) is 0 Å². The van der Waals surface area contributed by atoms with E-state index < -0.39 is 0 Å². The van der Waals surface area contributed by atoms with Gasteiger partial charge in [-0.3, -0.25) is 0 Å². The molecular weight excluding hydrogens is 218 g/mol. The monoisotopic (exact) mass is 231 g/mol. The van der Waals surface area contributed by atoms with E-state index in [-0.39, 0.29) is 0 Å². The van der Waals surface area contributed by atoms with Crippen molar-refractivity contribution in [2.45, 2.75) is 26.3 Å². The molecule has 4 heteroatoms. The van der Waals surface area contributed by atoms with Gasteiger partial charge in [-0.1, -0.05) is 13.8 Å². The first-order chi connectivity index (χ1) is 5.66. The summed E-state index contributed by atoms with van der Waals surface area (Å²) in [6, 6.07) is 0. The standard InChI is InChI=1S/C8H14BrN3/c1-6(2)8-11-5-7(9)12(8)4-3-10/h5-6H,3-4,10H2,1-2H3. The minimum atomic E-state index is 0.447. The summed E-state index contributed by atoms with van der Waals surface area (Å²) in [5.41, 5.74) is 5.49. The van der Waals surface area contributed by atoms with Gasteiger partial charge >= 0.3 is 0 Å². The predicted octanol–water partition coefficient (Wildman–Crippen LogP) is 1.73. The molecule has 0 atom stereocenters. The number of halogens is 1. The van der Waals surface area contributed by atoms with Gasteiger partial charge in [-0.15, -0.1) is 0 Å². The van der Waals surface area contributed by atoms with E-state index in [1.165, 1.54) is 0 Å². The fourth-order valence-corrected chi connectivity index (χ4v) is 1.64. The lowest BCUT2D eigenvalue weighted by atomic mass is 10.2. The van der Waals surface area contributed by atoms with Crippen LogP contribution in [0.4, 0.5) is 0 Å². The Kier molecular flexibility index (Phi) is 3.29. The summed E-state index contributed by atoms with van der Waals surface area (Å²) in [5.74, 6) is 1.54. The largest absolute Gasteiger partial charge is 0.329 e. The number of aromatic nitrogens is 2. The average Bonchev–Trinajstić information content (AvgIpc) is 2.34. The van der Waals surface area contributed by atoms with E-state index in [1.807, 2.05) is 6.20 Å². The normalized spacial score (nSPS) is 11.1. The van der Waals surface area contributed by atoms with Crippen LogP contribution in [-0.2, 0) is 6.54 Å². The number of hydrogen-bond acceptors (Lipinski definition) is 2. The SMILES string of the molecule is CC(C)c1ncc(Br)n1CCN. The van der Waals surface area contributed by atoms with E-state index in [2.05, 4.69) is 39.3 Å². The van der Waals surface area contributed by atoms with Crippen molar-refractivity contribution in [3.63, 3.8) is 0 Å². The van der Waals surface area contributed by atoms with Gasteiger partial charge in [0.1, 0.15) is 10.4 Å². The summed E-state index contributed by atoms with van der Waals surface area (Å²) >= 11 is 3.43. The highest BCUT2D eigenvalue weighted by atomic mass is 79.9. The Morgan fingerprint density at radius 1 is 1.67 bits per heavy atom. The van der Waals surface area contributed by atoms with Crippen LogP contribution in [0.1, 0.15) is 25.6 Å². The molecular formula is C8H14BrN3. The maximum atomic E-state index is 5.49. The molecule has 1 aromatic rings. The highest BCUT2D eigenvalue weighted by Gasteiger charge is 2.09. The minimum Gasteiger partial charge on any atom is -0.329 e. The molecule has 2 N–H and O–H groups in total. The molecule has 3 nitrogen and oxygen atoms in total. The van der Waals surface area contributed by atoms with Crippen molar-refractivity contribution in [1.29, 1.82) is 0 Å². The Bertz CT molecular complexity index is 255. The molecule has 0 aliphatic rings. The fourth-order valence-electron chi connectivity index (χ4n) is 1.18. The summed E-state index contributed by atoms with van der Waals surface area (Å²) in [7, 11) is 0. The van der Waals surface area contributed by atoms with Crippen LogP contribution in [0.2, 0.25) is 0 Å². The molecule has 0 radical (unpaired) electrons. The van der Waals surface area contributed by atoms with E-state index in [0.29, 0.717) is 12.5 Å². The van der Waals surface area contributed by atoms with Crippen LogP contribution in [0, 0.1) is 0 Å². The summed E-state index contributed by atoms with van der Waals surface area (Å²) in [6.07, 6.45) is 1.82. The predicted molar refractivity (Wildman–Crippen MR) is 53.1 cm³/mol. The van der Waals surface area contributed by atoms with Crippen molar-refractivity contribution >= 4 is 15.9 Å². The zero-order valence-electron chi connectivity index (χ0n) is 7.42. The Morgan fingerprint density at radius 2 is 2.33 bits per heavy atom. The van der Waals surface area contributed by atoms with E-state index in [4.69, 9.17) is 5.73 Å². The molecule has 0 unspecified atom stereocenters. The van der Waals surface area contributed by atoms with E-state index in [0.717, 1.165) is 17.0 Å². The van der Waals surface area contributed by atoms with Crippen molar-refractivity contribution < 1.29 is 0 Å². The third kappa shape index (κ3) is 1.87.